The molecule has 0 unspecified atom stereocenters. The number of hydrogen-bond acceptors (Lipinski definition) is 3. The molecule has 0 atom stereocenters. The van der Waals surface area contributed by atoms with Gasteiger partial charge in [0.1, 0.15) is 0 Å². The van der Waals surface area contributed by atoms with E-state index in [0.29, 0.717) is 7.12 Å². The summed E-state index contributed by atoms with van der Waals surface area (Å²) < 4.78 is 0. The molecule has 0 aromatic carbocycles. The molecule has 3 rings (SSSR count). The van der Waals surface area contributed by atoms with Crippen LogP contribution in [0.2, 0.25) is 0 Å². The third-order valence-corrected chi connectivity index (χ3v) is 5.15. The zero-order chi connectivity index (χ0) is 12.9. The van der Waals surface area contributed by atoms with Crippen molar-refractivity contribution in [2.75, 3.05) is 39.3 Å². The Morgan fingerprint density at radius 1 is 0.368 bits per heavy atom. The lowest BCUT2D eigenvalue weighted by molar-refractivity contribution is 0.211. The Kier molecular flexibility index (Phi) is 5.19. The van der Waals surface area contributed by atoms with Gasteiger partial charge in [0.05, 0.1) is 0 Å². The lowest BCUT2D eigenvalue weighted by atomic mass is 9.78. The van der Waals surface area contributed by atoms with Crippen LogP contribution in [0.3, 0.4) is 0 Å². The Labute approximate surface area is 119 Å². The van der Waals surface area contributed by atoms with Gasteiger partial charge >= 0.3 is 7.12 Å². The van der Waals surface area contributed by atoms with E-state index in [4.69, 9.17) is 0 Å². The van der Waals surface area contributed by atoms with Crippen molar-refractivity contribution < 1.29 is 0 Å². The molecule has 19 heavy (non-hydrogen) atoms. The maximum Gasteiger partial charge on any atom is 0.403 e. The zero-order valence-electron chi connectivity index (χ0n) is 12.5. The van der Waals surface area contributed by atoms with E-state index in [1.54, 1.807) is 0 Å². The first kappa shape index (κ1) is 13.9. The third kappa shape index (κ3) is 3.53. The highest BCUT2D eigenvalue weighted by atomic mass is 15.4. The van der Waals surface area contributed by atoms with Gasteiger partial charge in [-0.2, -0.15) is 0 Å². The molecule has 0 bridgehead atoms. The predicted molar refractivity (Wildman–Crippen MR) is 82.0 cm³/mol. The summed E-state index contributed by atoms with van der Waals surface area (Å²) in [6, 6.07) is 0. The van der Waals surface area contributed by atoms with Crippen LogP contribution in [0.1, 0.15) is 57.8 Å². The second kappa shape index (κ2) is 7.10. The van der Waals surface area contributed by atoms with Gasteiger partial charge in [-0.25, -0.2) is 0 Å². The van der Waals surface area contributed by atoms with Gasteiger partial charge in [-0.15, -0.1) is 0 Å². The summed E-state index contributed by atoms with van der Waals surface area (Å²) in [6.07, 6.45) is 12.8. The van der Waals surface area contributed by atoms with Gasteiger partial charge in [-0.05, 0) is 77.8 Å². The fraction of sp³-hybridized carbons (Fsp3) is 1.00. The van der Waals surface area contributed by atoms with Gasteiger partial charge in [0, 0.05) is 0 Å². The van der Waals surface area contributed by atoms with E-state index < -0.39 is 0 Å². The Morgan fingerprint density at radius 2 is 0.632 bits per heavy atom. The summed E-state index contributed by atoms with van der Waals surface area (Å²) in [7, 11) is 0.640. The molecule has 0 amide bonds. The minimum atomic E-state index is 0.640. The molecule has 3 aliphatic heterocycles. The molecule has 0 radical (unpaired) electrons. The predicted octanol–water partition coefficient (Wildman–Crippen LogP) is 2.43. The van der Waals surface area contributed by atoms with Gasteiger partial charge in [-0.3, -0.25) is 0 Å². The quantitative estimate of drug-likeness (QED) is 0.724. The van der Waals surface area contributed by atoms with Crippen LogP contribution in [-0.2, 0) is 0 Å². The second-order valence-electron chi connectivity index (χ2n) is 6.64. The molecular formula is C15H30BN3. The monoisotopic (exact) mass is 263 g/mol. The summed E-state index contributed by atoms with van der Waals surface area (Å²) in [5, 5.41) is 0. The van der Waals surface area contributed by atoms with Crippen molar-refractivity contribution in [1.82, 2.24) is 14.4 Å². The normalized spacial score (nSPS) is 28.4. The molecule has 108 valence electrons. The van der Waals surface area contributed by atoms with Crippen molar-refractivity contribution in [3.05, 3.63) is 0 Å². The molecule has 3 saturated heterocycles. The van der Waals surface area contributed by atoms with Gasteiger partial charge in [0.25, 0.3) is 0 Å². The molecule has 3 nitrogen and oxygen atoms in total. The lowest BCUT2D eigenvalue weighted by Gasteiger charge is -2.46. The highest BCUT2D eigenvalue weighted by Gasteiger charge is 2.38. The van der Waals surface area contributed by atoms with Crippen molar-refractivity contribution in [1.29, 1.82) is 0 Å². The van der Waals surface area contributed by atoms with Crippen LogP contribution >= 0.6 is 0 Å². The minimum absolute atomic E-state index is 0.640. The molecule has 0 saturated carbocycles. The molecule has 0 aromatic heterocycles. The highest BCUT2D eigenvalue weighted by molar-refractivity contribution is 6.49. The van der Waals surface area contributed by atoms with Gasteiger partial charge in [0.15, 0.2) is 0 Å². The van der Waals surface area contributed by atoms with Crippen molar-refractivity contribution >= 4 is 7.12 Å². The fourth-order valence-electron chi connectivity index (χ4n) is 4.14. The Bertz CT molecular complexity index is 213. The fourth-order valence-corrected chi connectivity index (χ4v) is 4.14. The van der Waals surface area contributed by atoms with Crippen molar-refractivity contribution in [2.24, 2.45) is 0 Å². The first-order valence-electron chi connectivity index (χ1n) is 8.67. The molecule has 3 fully saturated rings. The molecule has 0 aliphatic carbocycles. The topological polar surface area (TPSA) is 9.72 Å². The molecule has 0 N–H and O–H groups in total. The maximum atomic E-state index is 2.79. The van der Waals surface area contributed by atoms with E-state index in [9.17, 15) is 0 Å². The zero-order valence-corrected chi connectivity index (χ0v) is 12.5. The average molecular weight is 263 g/mol. The summed E-state index contributed by atoms with van der Waals surface area (Å²) in [4.78, 5) is 8.38. The van der Waals surface area contributed by atoms with E-state index in [0.717, 1.165) is 0 Å². The van der Waals surface area contributed by atoms with E-state index in [1.165, 1.54) is 97.1 Å². The van der Waals surface area contributed by atoms with Crippen LogP contribution in [0.15, 0.2) is 0 Å². The standard InChI is InChI=1S/C15H30BN3/c1-4-10-17(11-5-1)16(18-12-6-2-7-13-18)19-14-8-3-9-15-19/h1-15H2. The Morgan fingerprint density at radius 3 is 0.895 bits per heavy atom. The molecule has 0 spiro atoms. The van der Waals surface area contributed by atoms with Gasteiger partial charge < -0.3 is 14.4 Å². The van der Waals surface area contributed by atoms with E-state index in [2.05, 4.69) is 14.4 Å². The van der Waals surface area contributed by atoms with E-state index in [1.807, 2.05) is 0 Å². The Hall–Kier alpha value is -0.0551. The number of piperidine rings is 3. The van der Waals surface area contributed by atoms with Gasteiger partial charge in [-0.1, -0.05) is 19.3 Å². The molecule has 3 aliphatic rings. The van der Waals surface area contributed by atoms with Crippen molar-refractivity contribution in [3.63, 3.8) is 0 Å². The summed E-state index contributed by atoms with van der Waals surface area (Å²) in [6.45, 7) is 7.99. The van der Waals surface area contributed by atoms with Crippen LogP contribution in [0.5, 0.6) is 0 Å². The number of rotatable bonds is 3. The number of nitrogens with zero attached hydrogens (tertiary/aromatic N) is 3. The first-order chi connectivity index (χ1) is 9.45. The van der Waals surface area contributed by atoms with Crippen LogP contribution < -0.4 is 0 Å². The summed E-state index contributed by atoms with van der Waals surface area (Å²) in [5.41, 5.74) is 0. The van der Waals surface area contributed by atoms with E-state index >= 15 is 0 Å². The summed E-state index contributed by atoms with van der Waals surface area (Å²) >= 11 is 0. The molecule has 3 heterocycles. The molecular weight excluding hydrogens is 233 g/mol. The smallest absolute Gasteiger partial charge is 0.314 e. The van der Waals surface area contributed by atoms with E-state index in [-0.39, 0.29) is 0 Å². The molecule has 4 heteroatoms. The van der Waals surface area contributed by atoms with Crippen LogP contribution in [0, 0.1) is 0 Å². The van der Waals surface area contributed by atoms with Crippen molar-refractivity contribution in [3.8, 4) is 0 Å². The van der Waals surface area contributed by atoms with Gasteiger partial charge in [0.2, 0.25) is 0 Å². The number of hydrogen-bond donors (Lipinski definition) is 0. The van der Waals surface area contributed by atoms with Crippen molar-refractivity contribution in [2.45, 2.75) is 57.8 Å². The molecule has 0 aromatic rings. The highest BCUT2D eigenvalue weighted by Crippen LogP contribution is 2.21. The maximum absolute atomic E-state index is 2.79. The first-order valence-corrected chi connectivity index (χ1v) is 8.67. The van der Waals surface area contributed by atoms with Crippen LogP contribution in [0.4, 0.5) is 0 Å². The second-order valence-corrected chi connectivity index (χ2v) is 6.64. The third-order valence-electron chi connectivity index (χ3n) is 5.15. The summed E-state index contributed by atoms with van der Waals surface area (Å²) in [5.74, 6) is 0. The SMILES string of the molecule is C1CCN(B(N2CCCCC2)N2CCCCC2)CC1. The van der Waals surface area contributed by atoms with Crippen LogP contribution in [0.25, 0.3) is 0 Å². The lowest BCUT2D eigenvalue weighted by Crippen LogP contribution is -2.65. The average Bonchev–Trinajstić information content (AvgIpc) is 2.51. The Balaban J connectivity index is 1.68. The van der Waals surface area contributed by atoms with Crippen LogP contribution in [-0.4, -0.2) is 60.8 Å². The largest absolute Gasteiger partial charge is 0.403 e. The minimum Gasteiger partial charge on any atom is -0.314 e.